The molecule has 4 heteroatoms. The number of aliphatic hydroxyl groups excluding tert-OH is 1. The average molecular weight is 187 g/mol. The molecule has 0 fully saturated rings. The molecule has 0 aliphatic rings. The quantitative estimate of drug-likeness (QED) is 0.751. The van der Waals surface area contributed by atoms with Gasteiger partial charge in [0.25, 0.3) is 0 Å². The van der Waals surface area contributed by atoms with Crippen molar-refractivity contribution in [2.24, 2.45) is 0 Å². The van der Waals surface area contributed by atoms with E-state index < -0.39 is 0 Å². The second-order valence-electron chi connectivity index (χ2n) is 2.44. The minimum absolute atomic E-state index is 0.0753. The van der Waals surface area contributed by atoms with Gasteiger partial charge in [0.1, 0.15) is 5.82 Å². The first-order chi connectivity index (χ1) is 5.75. The van der Waals surface area contributed by atoms with E-state index in [1.807, 2.05) is 13.0 Å². The fourth-order valence-electron chi connectivity index (χ4n) is 0.838. The highest BCUT2D eigenvalue weighted by Crippen LogP contribution is 2.21. The molecule has 0 amide bonds. The molecule has 3 nitrogen and oxygen atoms in total. The maximum Gasteiger partial charge on any atom is 0.145 e. The highest BCUT2D eigenvalue weighted by Gasteiger charge is 2.01. The number of aliphatic hydroxyl groups is 1. The molecular weight excluding hydrogens is 176 g/mol. The van der Waals surface area contributed by atoms with Crippen LogP contribution in [0.1, 0.15) is 5.56 Å². The third kappa shape index (κ3) is 2.09. The summed E-state index contributed by atoms with van der Waals surface area (Å²) < 4.78 is 0. The molecule has 1 heterocycles. The summed E-state index contributed by atoms with van der Waals surface area (Å²) in [6.07, 6.45) is 1.68. The smallest absolute Gasteiger partial charge is 0.145 e. The summed E-state index contributed by atoms with van der Waals surface area (Å²) in [5.41, 5.74) is 0.979. The number of rotatable bonds is 3. The van der Waals surface area contributed by atoms with Gasteiger partial charge < -0.3 is 10.4 Å². The van der Waals surface area contributed by atoms with Gasteiger partial charge >= 0.3 is 0 Å². The molecule has 0 atom stereocenters. The van der Waals surface area contributed by atoms with Gasteiger partial charge in [-0.3, -0.25) is 0 Å². The van der Waals surface area contributed by atoms with E-state index in [4.69, 9.17) is 16.7 Å². The third-order valence-corrected chi connectivity index (χ3v) is 1.96. The summed E-state index contributed by atoms with van der Waals surface area (Å²) in [4.78, 5) is 4.02. The van der Waals surface area contributed by atoms with E-state index in [2.05, 4.69) is 10.3 Å². The molecule has 12 heavy (non-hydrogen) atoms. The summed E-state index contributed by atoms with van der Waals surface area (Å²) >= 11 is 5.92. The van der Waals surface area contributed by atoms with Crippen molar-refractivity contribution in [2.75, 3.05) is 18.5 Å². The monoisotopic (exact) mass is 186 g/mol. The Morgan fingerprint density at radius 3 is 3.08 bits per heavy atom. The van der Waals surface area contributed by atoms with Crippen molar-refractivity contribution in [2.45, 2.75) is 6.92 Å². The van der Waals surface area contributed by atoms with Crippen molar-refractivity contribution in [1.29, 1.82) is 0 Å². The minimum atomic E-state index is 0.0753. The van der Waals surface area contributed by atoms with E-state index in [1.54, 1.807) is 6.20 Å². The lowest BCUT2D eigenvalue weighted by atomic mass is 10.3. The number of hydrogen-bond donors (Lipinski definition) is 2. The Balaban J connectivity index is 2.78. The molecule has 66 valence electrons. The number of pyridine rings is 1. The Kier molecular flexibility index (Phi) is 3.31. The highest BCUT2D eigenvalue weighted by molar-refractivity contribution is 6.33. The van der Waals surface area contributed by atoms with Crippen molar-refractivity contribution in [3.8, 4) is 0 Å². The maximum absolute atomic E-state index is 8.55. The molecule has 1 aromatic heterocycles. The molecule has 0 aromatic carbocycles. The van der Waals surface area contributed by atoms with Crippen LogP contribution in [0.3, 0.4) is 0 Å². The molecule has 0 saturated carbocycles. The zero-order valence-corrected chi connectivity index (χ0v) is 7.60. The predicted molar refractivity (Wildman–Crippen MR) is 49.6 cm³/mol. The van der Waals surface area contributed by atoms with E-state index >= 15 is 0 Å². The first-order valence-electron chi connectivity index (χ1n) is 3.71. The Hall–Kier alpha value is -0.800. The van der Waals surface area contributed by atoms with E-state index in [0.717, 1.165) is 5.56 Å². The van der Waals surface area contributed by atoms with Crippen LogP contribution in [0.15, 0.2) is 12.3 Å². The van der Waals surface area contributed by atoms with Gasteiger partial charge in [-0.1, -0.05) is 11.6 Å². The Morgan fingerprint density at radius 2 is 2.42 bits per heavy atom. The van der Waals surface area contributed by atoms with Gasteiger partial charge in [-0.25, -0.2) is 4.98 Å². The number of halogens is 1. The molecule has 2 N–H and O–H groups in total. The fraction of sp³-hybridized carbons (Fsp3) is 0.375. The van der Waals surface area contributed by atoms with Crippen LogP contribution >= 0.6 is 11.6 Å². The third-order valence-electron chi connectivity index (χ3n) is 1.49. The van der Waals surface area contributed by atoms with Gasteiger partial charge in [0, 0.05) is 12.7 Å². The SMILES string of the molecule is Cc1ccnc(NCCO)c1Cl. The molecule has 0 radical (unpaired) electrons. The Labute approximate surface area is 76.4 Å². The Bertz CT molecular complexity index is 265. The van der Waals surface area contributed by atoms with Gasteiger partial charge in [0.05, 0.1) is 11.6 Å². The summed E-state index contributed by atoms with van der Waals surface area (Å²) in [5, 5.41) is 12.1. The van der Waals surface area contributed by atoms with Crippen molar-refractivity contribution >= 4 is 17.4 Å². The topological polar surface area (TPSA) is 45.2 Å². The van der Waals surface area contributed by atoms with Gasteiger partial charge in [0.15, 0.2) is 0 Å². The number of nitrogens with one attached hydrogen (secondary N) is 1. The summed E-state index contributed by atoms with van der Waals surface area (Å²) in [6.45, 7) is 2.45. The molecule has 1 rings (SSSR count). The van der Waals surface area contributed by atoms with Crippen LogP contribution in [0.4, 0.5) is 5.82 Å². The molecule has 0 unspecified atom stereocenters. The van der Waals surface area contributed by atoms with E-state index in [9.17, 15) is 0 Å². The largest absolute Gasteiger partial charge is 0.395 e. The van der Waals surface area contributed by atoms with Crippen LogP contribution in [0, 0.1) is 6.92 Å². The van der Waals surface area contributed by atoms with Gasteiger partial charge in [-0.15, -0.1) is 0 Å². The van der Waals surface area contributed by atoms with Gasteiger partial charge in [0.2, 0.25) is 0 Å². The van der Waals surface area contributed by atoms with Crippen LogP contribution in [0.5, 0.6) is 0 Å². The average Bonchev–Trinajstić information content (AvgIpc) is 2.08. The molecule has 1 aromatic rings. The first kappa shape index (κ1) is 9.29. The number of nitrogens with zero attached hydrogens (tertiary/aromatic N) is 1. The zero-order valence-electron chi connectivity index (χ0n) is 6.84. The molecule has 0 bridgehead atoms. The van der Waals surface area contributed by atoms with E-state index in [0.29, 0.717) is 17.4 Å². The standard InChI is InChI=1S/C8H11ClN2O/c1-6-2-3-10-8(7(6)9)11-4-5-12/h2-3,12H,4-5H2,1H3,(H,10,11). The minimum Gasteiger partial charge on any atom is -0.395 e. The predicted octanol–water partition coefficient (Wildman–Crippen LogP) is 1.45. The number of anilines is 1. The molecule has 0 aliphatic heterocycles. The summed E-state index contributed by atoms with van der Waals surface area (Å²) in [6, 6.07) is 1.84. The van der Waals surface area contributed by atoms with Crippen molar-refractivity contribution in [3.05, 3.63) is 22.8 Å². The molecule has 0 saturated heterocycles. The molecular formula is C8H11ClN2O. The van der Waals surface area contributed by atoms with Crippen LogP contribution in [0.2, 0.25) is 5.02 Å². The zero-order chi connectivity index (χ0) is 8.97. The number of aromatic nitrogens is 1. The van der Waals surface area contributed by atoms with Crippen LogP contribution in [0.25, 0.3) is 0 Å². The second-order valence-corrected chi connectivity index (χ2v) is 2.82. The first-order valence-corrected chi connectivity index (χ1v) is 4.09. The van der Waals surface area contributed by atoms with Crippen LogP contribution in [-0.2, 0) is 0 Å². The lowest BCUT2D eigenvalue weighted by Gasteiger charge is -2.06. The highest BCUT2D eigenvalue weighted by atomic mass is 35.5. The maximum atomic E-state index is 8.55. The lowest BCUT2D eigenvalue weighted by molar-refractivity contribution is 0.311. The van der Waals surface area contributed by atoms with Crippen molar-refractivity contribution < 1.29 is 5.11 Å². The van der Waals surface area contributed by atoms with Gasteiger partial charge in [-0.05, 0) is 18.6 Å². The van der Waals surface area contributed by atoms with Crippen molar-refractivity contribution in [1.82, 2.24) is 4.98 Å². The summed E-state index contributed by atoms with van der Waals surface area (Å²) in [7, 11) is 0. The molecule has 0 spiro atoms. The number of hydrogen-bond acceptors (Lipinski definition) is 3. The van der Waals surface area contributed by atoms with E-state index in [-0.39, 0.29) is 6.61 Å². The number of aryl methyl sites for hydroxylation is 1. The van der Waals surface area contributed by atoms with Crippen LogP contribution in [-0.4, -0.2) is 23.2 Å². The van der Waals surface area contributed by atoms with Gasteiger partial charge in [-0.2, -0.15) is 0 Å². The molecule has 0 aliphatic carbocycles. The fourth-order valence-corrected chi connectivity index (χ4v) is 1.02. The van der Waals surface area contributed by atoms with E-state index in [1.165, 1.54) is 0 Å². The van der Waals surface area contributed by atoms with Crippen LogP contribution < -0.4 is 5.32 Å². The lowest BCUT2D eigenvalue weighted by Crippen LogP contribution is -2.07. The normalized spacial score (nSPS) is 9.92. The van der Waals surface area contributed by atoms with Crippen molar-refractivity contribution in [3.63, 3.8) is 0 Å². The second kappa shape index (κ2) is 4.28. The Morgan fingerprint density at radius 1 is 1.67 bits per heavy atom. The summed E-state index contributed by atoms with van der Waals surface area (Å²) in [5.74, 6) is 0.630.